The average molecular weight is 160 g/mol. The third kappa shape index (κ3) is 1.70. The van der Waals surface area contributed by atoms with Crippen LogP contribution in [0.2, 0.25) is 0 Å². The standard InChI is InChI=1S/C10H12N2/c1-2-4-9(5-3-1)8-10-6-7-11-12-10/h1-5,10H,6-8H2. The molecule has 0 fully saturated rings. The smallest absolute Gasteiger partial charge is 0.0766 e. The van der Waals surface area contributed by atoms with Gasteiger partial charge in [0, 0.05) is 0 Å². The van der Waals surface area contributed by atoms with E-state index in [0.29, 0.717) is 6.04 Å². The number of hydrogen-bond acceptors (Lipinski definition) is 2. The van der Waals surface area contributed by atoms with Crippen molar-refractivity contribution >= 4 is 0 Å². The van der Waals surface area contributed by atoms with E-state index in [2.05, 4.69) is 34.5 Å². The molecule has 1 atom stereocenters. The molecule has 0 aliphatic carbocycles. The maximum atomic E-state index is 4.16. The number of hydrogen-bond donors (Lipinski definition) is 0. The first-order chi connectivity index (χ1) is 5.95. The molecule has 0 N–H and O–H groups in total. The summed E-state index contributed by atoms with van der Waals surface area (Å²) in [5.41, 5.74) is 1.36. The molecule has 0 spiro atoms. The van der Waals surface area contributed by atoms with Gasteiger partial charge in [-0.1, -0.05) is 30.3 Å². The minimum Gasteiger partial charge on any atom is -0.194 e. The van der Waals surface area contributed by atoms with Gasteiger partial charge in [0.15, 0.2) is 0 Å². The van der Waals surface area contributed by atoms with Crippen molar-refractivity contribution in [1.29, 1.82) is 0 Å². The predicted molar refractivity (Wildman–Crippen MR) is 48.3 cm³/mol. The van der Waals surface area contributed by atoms with Gasteiger partial charge in [0.2, 0.25) is 0 Å². The third-order valence-corrected chi connectivity index (χ3v) is 2.12. The fraction of sp³-hybridized carbons (Fsp3) is 0.400. The number of benzene rings is 1. The highest BCUT2D eigenvalue weighted by molar-refractivity contribution is 5.16. The fourth-order valence-corrected chi connectivity index (χ4v) is 1.47. The zero-order chi connectivity index (χ0) is 8.23. The van der Waals surface area contributed by atoms with Crippen molar-refractivity contribution in [2.24, 2.45) is 10.2 Å². The van der Waals surface area contributed by atoms with Gasteiger partial charge in [-0.15, -0.1) is 0 Å². The molecule has 0 saturated carbocycles. The zero-order valence-electron chi connectivity index (χ0n) is 6.98. The quantitative estimate of drug-likeness (QED) is 0.635. The summed E-state index contributed by atoms with van der Waals surface area (Å²) in [6.07, 6.45) is 2.17. The van der Waals surface area contributed by atoms with Crippen LogP contribution in [0.1, 0.15) is 12.0 Å². The van der Waals surface area contributed by atoms with Crippen LogP contribution in [0, 0.1) is 0 Å². The minimum atomic E-state index is 0.437. The summed E-state index contributed by atoms with van der Waals surface area (Å²) in [4.78, 5) is 0. The Balaban J connectivity index is 1.99. The van der Waals surface area contributed by atoms with Crippen molar-refractivity contribution in [2.75, 3.05) is 6.54 Å². The molecule has 12 heavy (non-hydrogen) atoms. The molecule has 2 rings (SSSR count). The lowest BCUT2D eigenvalue weighted by atomic mass is 10.1. The maximum absolute atomic E-state index is 4.16. The largest absolute Gasteiger partial charge is 0.194 e. The molecule has 2 nitrogen and oxygen atoms in total. The molecule has 0 amide bonds. The first kappa shape index (κ1) is 7.47. The van der Waals surface area contributed by atoms with Crippen LogP contribution < -0.4 is 0 Å². The molecular weight excluding hydrogens is 148 g/mol. The van der Waals surface area contributed by atoms with E-state index in [9.17, 15) is 0 Å². The Morgan fingerprint density at radius 2 is 2.08 bits per heavy atom. The summed E-state index contributed by atoms with van der Waals surface area (Å²) in [7, 11) is 0. The molecule has 2 heteroatoms. The lowest BCUT2D eigenvalue weighted by Crippen LogP contribution is -2.04. The molecule has 1 heterocycles. The Morgan fingerprint density at radius 1 is 1.25 bits per heavy atom. The van der Waals surface area contributed by atoms with Crippen molar-refractivity contribution in [3.8, 4) is 0 Å². The second kappa shape index (κ2) is 3.48. The zero-order valence-corrected chi connectivity index (χ0v) is 6.98. The molecule has 62 valence electrons. The second-order valence-corrected chi connectivity index (χ2v) is 3.11. The van der Waals surface area contributed by atoms with E-state index in [1.807, 2.05) is 6.07 Å². The molecule has 0 radical (unpaired) electrons. The van der Waals surface area contributed by atoms with Gasteiger partial charge in [-0.3, -0.25) is 0 Å². The number of azo groups is 1. The number of rotatable bonds is 2. The average Bonchev–Trinajstić information content (AvgIpc) is 2.59. The minimum absolute atomic E-state index is 0.437. The summed E-state index contributed by atoms with van der Waals surface area (Å²) < 4.78 is 0. The van der Waals surface area contributed by atoms with Crippen molar-refractivity contribution in [1.82, 2.24) is 0 Å². The molecule has 1 aliphatic rings. The van der Waals surface area contributed by atoms with E-state index in [-0.39, 0.29) is 0 Å². The van der Waals surface area contributed by atoms with Crippen molar-refractivity contribution in [2.45, 2.75) is 18.9 Å². The van der Waals surface area contributed by atoms with Crippen LogP contribution >= 0.6 is 0 Å². The molecular formula is C10H12N2. The van der Waals surface area contributed by atoms with Gasteiger partial charge in [0.05, 0.1) is 12.6 Å². The normalized spacial score (nSPS) is 21.5. The maximum Gasteiger partial charge on any atom is 0.0766 e. The molecule has 0 bridgehead atoms. The van der Waals surface area contributed by atoms with Gasteiger partial charge in [-0.05, 0) is 18.4 Å². The monoisotopic (exact) mass is 160 g/mol. The Morgan fingerprint density at radius 3 is 2.75 bits per heavy atom. The summed E-state index contributed by atoms with van der Waals surface area (Å²) in [5, 5.41) is 8.14. The van der Waals surface area contributed by atoms with E-state index in [4.69, 9.17) is 0 Å². The Bertz CT molecular complexity index is 266. The van der Waals surface area contributed by atoms with Gasteiger partial charge < -0.3 is 0 Å². The first-order valence-electron chi connectivity index (χ1n) is 4.36. The predicted octanol–water partition coefficient (Wildman–Crippen LogP) is 2.45. The highest BCUT2D eigenvalue weighted by Crippen LogP contribution is 2.13. The molecule has 1 aromatic rings. The van der Waals surface area contributed by atoms with E-state index in [0.717, 1.165) is 19.4 Å². The lowest BCUT2D eigenvalue weighted by molar-refractivity contribution is 0.681. The second-order valence-electron chi connectivity index (χ2n) is 3.11. The molecule has 1 unspecified atom stereocenters. The lowest BCUT2D eigenvalue weighted by Gasteiger charge is -2.03. The summed E-state index contributed by atoms with van der Waals surface area (Å²) in [6.45, 7) is 0.914. The van der Waals surface area contributed by atoms with Gasteiger partial charge >= 0.3 is 0 Å². The van der Waals surface area contributed by atoms with Gasteiger partial charge in [-0.2, -0.15) is 10.2 Å². The first-order valence-corrected chi connectivity index (χ1v) is 4.36. The van der Waals surface area contributed by atoms with E-state index in [1.54, 1.807) is 0 Å². The highest BCUT2D eigenvalue weighted by Gasteiger charge is 2.11. The molecule has 1 aromatic carbocycles. The Hall–Kier alpha value is -1.18. The van der Waals surface area contributed by atoms with Crippen LogP contribution in [0.25, 0.3) is 0 Å². The van der Waals surface area contributed by atoms with Crippen molar-refractivity contribution in [3.05, 3.63) is 35.9 Å². The van der Waals surface area contributed by atoms with Crippen LogP contribution in [-0.2, 0) is 6.42 Å². The van der Waals surface area contributed by atoms with Crippen LogP contribution in [-0.4, -0.2) is 12.6 Å². The Labute approximate surface area is 72.3 Å². The fourth-order valence-electron chi connectivity index (χ4n) is 1.47. The SMILES string of the molecule is c1ccc(CC2CCN=N2)cc1. The van der Waals surface area contributed by atoms with Crippen molar-refractivity contribution in [3.63, 3.8) is 0 Å². The van der Waals surface area contributed by atoms with Crippen LogP contribution in [0.4, 0.5) is 0 Å². The third-order valence-electron chi connectivity index (χ3n) is 2.12. The summed E-state index contributed by atoms with van der Waals surface area (Å²) in [5.74, 6) is 0. The van der Waals surface area contributed by atoms with Crippen LogP contribution in [0.3, 0.4) is 0 Å². The van der Waals surface area contributed by atoms with Gasteiger partial charge in [0.25, 0.3) is 0 Å². The molecule has 1 aliphatic heterocycles. The van der Waals surface area contributed by atoms with Crippen LogP contribution in [0.15, 0.2) is 40.6 Å². The summed E-state index contributed by atoms with van der Waals surface area (Å²) >= 11 is 0. The van der Waals surface area contributed by atoms with E-state index >= 15 is 0 Å². The van der Waals surface area contributed by atoms with E-state index in [1.165, 1.54) is 5.56 Å². The van der Waals surface area contributed by atoms with Crippen molar-refractivity contribution < 1.29 is 0 Å². The topological polar surface area (TPSA) is 24.7 Å². The molecule has 0 aromatic heterocycles. The molecule has 0 saturated heterocycles. The highest BCUT2D eigenvalue weighted by atomic mass is 15.1. The van der Waals surface area contributed by atoms with Gasteiger partial charge in [-0.25, -0.2) is 0 Å². The van der Waals surface area contributed by atoms with E-state index < -0.39 is 0 Å². The number of nitrogens with zero attached hydrogens (tertiary/aromatic N) is 2. The Kier molecular flexibility index (Phi) is 2.16. The summed E-state index contributed by atoms with van der Waals surface area (Å²) in [6, 6.07) is 10.9. The van der Waals surface area contributed by atoms with Gasteiger partial charge in [0.1, 0.15) is 0 Å². The van der Waals surface area contributed by atoms with Crippen LogP contribution in [0.5, 0.6) is 0 Å².